The topological polar surface area (TPSA) is 45.2 Å². The summed E-state index contributed by atoms with van der Waals surface area (Å²) >= 11 is 1.49. The number of rotatable bonds is 3. The second-order valence-corrected chi connectivity index (χ2v) is 7.08. The Hall–Kier alpha value is -2.92. The van der Waals surface area contributed by atoms with Crippen LogP contribution in [-0.4, -0.2) is 25.0 Å². The van der Waals surface area contributed by atoms with Gasteiger partial charge in [0, 0.05) is 30.7 Å². The molecule has 4 nitrogen and oxygen atoms in total. The van der Waals surface area contributed by atoms with Gasteiger partial charge in [0.05, 0.1) is 10.2 Å². The molecule has 0 aliphatic rings. The molecule has 3 aromatic carbocycles. The SMILES string of the molecule is CN(C)c1ccc(C(=O)Nc2nc3c(ccc4ccccc43)s2)cc1. The zero-order valence-corrected chi connectivity index (χ0v) is 14.8. The van der Waals surface area contributed by atoms with Gasteiger partial charge in [0.15, 0.2) is 5.13 Å². The van der Waals surface area contributed by atoms with Gasteiger partial charge in [-0.3, -0.25) is 10.1 Å². The van der Waals surface area contributed by atoms with Gasteiger partial charge in [-0.05, 0) is 35.7 Å². The maximum atomic E-state index is 12.5. The number of aromatic nitrogens is 1. The summed E-state index contributed by atoms with van der Waals surface area (Å²) in [5.74, 6) is -0.145. The summed E-state index contributed by atoms with van der Waals surface area (Å²) in [6.45, 7) is 0. The van der Waals surface area contributed by atoms with Gasteiger partial charge >= 0.3 is 0 Å². The lowest BCUT2D eigenvalue weighted by Crippen LogP contribution is -2.13. The minimum atomic E-state index is -0.145. The summed E-state index contributed by atoms with van der Waals surface area (Å²) in [6.07, 6.45) is 0. The number of nitrogens with one attached hydrogen (secondary N) is 1. The van der Waals surface area contributed by atoms with Gasteiger partial charge in [0.25, 0.3) is 5.91 Å². The fourth-order valence-electron chi connectivity index (χ4n) is 2.80. The largest absolute Gasteiger partial charge is 0.378 e. The first-order valence-electron chi connectivity index (χ1n) is 7.99. The number of hydrogen-bond acceptors (Lipinski definition) is 4. The maximum absolute atomic E-state index is 12.5. The van der Waals surface area contributed by atoms with E-state index in [1.54, 1.807) is 0 Å². The van der Waals surface area contributed by atoms with Crippen LogP contribution >= 0.6 is 11.3 Å². The third-order valence-corrected chi connectivity index (χ3v) is 5.09. The fourth-order valence-corrected chi connectivity index (χ4v) is 3.67. The summed E-state index contributed by atoms with van der Waals surface area (Å²) in [5, 5.41) is 5.79. The first-order chi connectivity index (χ1) is 12.1. The van der Waals surface area contributed by atoms with E-state index >= 15 is 0 Å². The zero-order chi connectivity index (χ0) is 17.4. The van der Waals surface area contributed by atoms with Gasteiger partial charge in [-0.2, -0.15) is 0 Å². The number of fused-ring (bicyclic) bond motifs is 3. The molecule has 1 amide bonds. The normalized spacial score (nSPS) is 11.0. The van der Waals surface area contributed by atoms with Gasteiger partial charge in [0.2, 0.25) is 0 Å². The van der Waals surface area contributed by atoms with Crippen molar-refractivity contribution in [2.45, 2.75) is 0 Å². The molecule has 1 aromatic heterocycles. The van der Waals surface area contributed by atoms with Crippen molar-refractivity contribution >= 4 is 49.1 Å². The Balaban J connectivity index is 1.64. The van der Waals surface area contributed by atoms with E-state index in [2.05, 4.69) is 34.6 Å². The van der Waals surface area contributed by atoms with Crippen molar-refractivity contribution in [1.29, 1.82) is 0 Å². The molecule has 0 bridgehead atoms. The Morgan fingerprint density at radius 2 is 1.76 bits per heavy atom. The average molecular weight is 347 g/mol. The van der Waals surface area contributed by atoms with Crippen molar-refractivity contribution in [2.24, 2.45) is 0 Å². The number of hydrogen-bond donors (Lipinski definition) is 1. The van der Waals surface area contributed by atoms with Crippen LogP contribution < -0.4 is 10.2 Å². The van der Waals surface area contributed by atoms with E-state index in [0.717, 1.165) is 26.7 Å². The quantitative estimate of drug-likeness (QED) is 0.581. The highest BCUT2D eigenvalue weighted by molar-refractivity contribution is 7.22. The first-order valence-corrected chi connectivity index (χ1v) is 8.80. The van der Waals surface area contributed by atoms with Crippen LogP contribution in [0.15, 0.2) is 60.7 Å². The molecule has 0 radical (unpaired) electrons. The minimum Gasteiger partial charge on any atom is -0.378 e. The lowest BCUT2D eigenvalue weighted by molar-refractivity contribution is 0.102. The van der Waals surface area contributed by atoms with Crippen LogP contribution in [-0.2, 0) is 0 Å². The number of thiazole rings is 1. The highest BCUT2D eigenvalue weighted by Gasteiger charge is 2.11. The predicted molar refractivity (Wildman–Crippen MR) is 106 cm³/mol. The van der Waals surface area contributed by atoms with Gasteiger partial charge in [-0.1, -0.05) is 41.7 Å². The Bertz CT molecular complexity index is 1070. The molecule has 0 spiro atoms. The number of nitrogens with zero attached hydrogens (tertiary/aromatic N) is 2. The van der Waals surface area contributed by atoms with Crippen LogP contribution in [0.5, 0.6) is 0 Å². The molecule has 4 aromatic rings. The number of benzene rings is 3. The standard InChI is InChI=1S/C20H17N3OS/c1-23(2)15-10-7-14(8-11-15)19(24)22-20-21-18-16-6-4-3-5-13(16)9-12-17(18)25-20/h3-12H,1-2H3,(H,21,22,24). The van der Waals surface area contributed by atoms with E-state index in [1.807, 2.05) is 55.4 Å². The Kier molecular flexibility index (Phi) is 3.86. The van der Waals surface area contributed by atoms with Gasteiger partial charge in [0.1, 0.15) is 0 Å². The third-order valence-electron chi connectivity index (χ3n) is 4.15. The van der Waals surface area contributed by atoms with Crippen LogP contribution in [0.3, 0.4) is 0 Å². The average Bonchev–Trinajstić information content (AvgIpc) is 3.04. The van der Waals surface area contributed by atoms with Crippen molar-refractivity contribution in [3.8, 4) is 0 Å². The second-order valence-electron chi connectivity index (χ2n) is 6.05. The Morgan fingerprint density at radius 3 is 2.52 bits per heavy atom. The molecule has 0 atom stereocenters. The van der Waals surface area contributed by atoms with Crippen molar-refractivity contribution in [1.82, 2.24) is 4.98 Å². The molecule has 1 N–H and O–H groups in total. The summed E-state index contributed by atoms with van der Waals surface area (Å²) in [5.41, 5.74) is 2.61. The summed E-state index contributed by atoms with van der Waals surface area (Å²) in [4.78, 5) is 19.1. The van der Waals surface area contributed by atoms with Crippen molar-refractivity contribution < 1.29 is 4.79 Å². The van der Waals surface area contributed by atoms with E-state index in [-0.39, 0.29) is 5.91 Å². The molecule has 0 fully saturated rings. The molecule has 0 aliphatic carbocycles. The molecule has 0 saturated heterocycles. The molecule has 1 heterocycles. The Morgan fingerprint density at radius 1 is 1.00 bits per heavy atom. The fraction of sp³-hybridized carbons (Fsp3) is 0.100. The monoisotopic (exact) mass is 347 g/mol. The molecule has 4 rings (SSSR count). The smallest absolute Gasteiger partial charge is 0.257 e. The van der Waals surface area contributed by atoms with Crippen molar-refractivity contribution in [2.75, 3.05) is 24.3 Å². The molecule has 25 heavy (non-hydrogen) atoms. The van der Waals surface area contributed by atoms with E-state index in [4.69, 9.17) is 0 Å². The number of amides is 1. The highest BCUT2D eigenvalue weighted by atomic mass is 32.1. The van der Waals surface area contributed by atoms with Crippen LogP contribution in [0.1, 0.15) is 10.4 Å². The molecule has 0 saturated carbocycles. The van der Waals surface area contributed by atoms with Crippen LogP contribution in [0, 0.1) is 0 Å². The van der Waals surface area contributed by atoms with Crippen LogP contribution in [0.25, 0.3) is 21.0 Å². The summed E-state index contributed by atoms with van der Waals surface area (Å²) in [7, 11) is 3.95. The van der Waals surface area contributed by atoms with E-state index in [0.29, 0.717) is 10.7 Å². The third kappa shape index (κ3) is 2.94. The van der Waals surface area contributed by atoms with Gasteiger partial charge in [-0.15, -0.1) is 0 Å². The lowest BCUT2D eigenvalue weighted by atomic mass is 10.1. The van der Waals surface area contributed by atoms with Crippen LogP contribution in [0.4, 0.5) is 10.8 Å². The number of anilines is 2. The minimum absolute atomic E-state index is 0.145. The van der Waals surface area contributed by atoms with E-state index in [9.17, 15) is 4.79 Å². The molecule has 5 heteroatoms. The van der Waals surface area contributed by atoms with Crippen molar-refractivity contribution in [3.05, 3.63) is 66.2 Å². The molecular weight excluding hydrogens is 330 g/mol. The maximum Gasteiger partial charge on any atom is 0.257 e. The molecule has 0 aliphatic heterocycles. The summed E-state index contributed by atoms with van der Waals surface area (Å²) in [6, 6.07) is 19.8. The highest BCUT2D eigenvalue weighted by Crippen LogP contribution is 2.31. The number of carbonyl (C=O) groups is 1. The van der Waals surface area contributed by atoms with Crippen LogP contribution in [0.2, 0.25) is 0 Å². The molecular formula is C20H17N3OS. The summed E-state index contributed by atoms with van der Waals surface area (Å²) < 4.78 is 1.07. The zero-order valence-electron chi connectivity index (χ0n) is 14.0. The lowest BCUT2D eigenvalue weighted by Gasteiger charge is -2.12. The molecule has 124 valence electrons. The number of carbonyl (C=O) groups excluding carboxylic acids is 1. The van der Waals surface area contributed by atoms with E-state index in [1.165, 1.54) is 11.3 Å². The molecule has 0 unspecified atom stereocenters. The first kappa shape index (κ1) is 15.6. The van der Waals surface area contributed by atoms with Gasteiger partial charge in [-0.25, -0.2) is 4.98 Å². The predicted octanol–water partition coefficient (Wildman–Crippen LogP) is 4.77. The van der Waals surface area contributed by atoms with E-state index < -0.39 is 0 Å². The second kappa shape index (κ2) is 6.18. The van der Waals surface area contributed by atoms with Gasteiger partial charge < -0.3 is 4.90 Å². The van der Waals surface area contributed by atoms with Crippen molar-refractivity contribution in [3.63, 3.8) is 0 Å². The Labute approximate surface area is 149 Å².